The Morgan fingerprint density at radius 1 is 1.00 bits per heavy atom. The molecule has 0 aliphatic heterocycles. The van der Waals surface area contributed by atoms with Crippen LogP contribution in [-0.2, 0) is 6.54 Å². The number of benzene rings is 2. The molecule has 2 nitrogen and oxygen atoms in total. The Bertz CT molecular complexity index is 695. The maximum absolute atomic E-state index is 6.07. The van der Waals surface area contributed by atoms with Crippen LogP contribution in [-0.4, -0.2) is 4.57 Å². The SMILES string of the molecule is Cc1ccccc1Cn1ccc2cccc(N)c21. The summed E-state index contributed by atoms with van der Waals surface area (Å²) in [6.07, 6.45) is 2.10. The van der Waals surface area contributed by atoms with Crippen LogP contribution in [0.25, 0.3) is 10.9 Å². The van der Waals surface area contributed by atoms with Crippen molar-refractivity contribution in [3.63, 3.8) is 0 Å². The average Bonchev–Trinajstić information content (AvgIpc) is 2.77. The van der Waals surface area contributed by atoms with Crippen LogP contribution in [0.4, 0.5) is 5.69 Å². The molecule has 0 saturated heterocycles. The third-order valence-electron chi connectivity index (χ3n) is 3.42. The second kappa shape index (κ2) is 4.22. The number of aromatic nitrogens is 1. The molecule has 3 aromatic rings. The largest absolute Gasteiger partial charge is 0.397 e. The van der Waals surface area contributed by atoms with Crippen molar-refractivity contribution in [1.29, 1.82) is 0 Å². The van der Waals surface area contributed by atoms with Gasteiger partial charge in [-0.15, -0.1) is 0 Å². The monoisotopic (exact) mass is 236 g/mol. The molecule has 0 amide bonds. The van der Waals surface area contributed by atoms with Gasteiger partial charge in [-0.2, -0.15) is 0 Å². The van der Waals surface area contributed by atoms with Gasteiger partial charge in [-0.3, -0.25) is 0 Å². The van der Waals surface area contributed by atoms with Crippen LogP contribution in [0.15, 0.2) is 54.7 Å². The fraction of sp³-hybridized carbons (Fsp3) is 0.125. The lowest BCUT2D eigenvalue weighted by Gasteiger charge is -2.09. The quantitative estimate of drug-likeness (QED) is 0.677. The van der Waals surface area contributed by atoms with E-state index in [0.29, 0.717) is 0 Å². The van der Waals surface area contributed by atoms with Gasteiger partial charge < -0.3 is 10.3 Å². The molecule has 0 unspecified atom stereocenters. The van der Waals surface area contributed by atoms with Crippen molar-refractivity contribution in [3.05, 3.63) is 65.9 Å². The standard InChI is InChI=1S/C16H16N2/c1-12-5-2-3-6-14(12)11-18-10-9-13-7-4-8-15(17)16(13)18/h2-10H,11,17H2,1H3. The first-order valence-corrected chi connectivity index (χ1v) is 6.13. The lowest BCUT2D eigenvalue weighted by Crippen LogP contribution is -2.01. The topological polar surface area (TPSA) is 30.9 Å². The van der Waals surface area contributed by atoms with Gasteiger partial charge in [0.25, 0.3) is 0 Å². The zero-order valence-corrected chi connectivity index (χ0v) is 10.4. The lowest BCUT2D eigenvalue weighted by atomic mass is 10.1. The molecule has 0 aliphatic rings. The van der Waals surface area contributed by atoms with Gasteiger partial charge in [-0.1, -0.05) is 36.4 Å². The van der Waals surface area contributed by atoms with E-state index in [1.54, 1.807) is 0 Å². The van der Waals surface area contributed by atoms with Gasteiger partial charge in [0.15, 0.2) is 0 Å². The molecule has 0 saturated carbocycles. The molecule has 90 valence electrons. The average molecular weight is 236 g/mol. The van der Waals surface area contributed by atoms with Gasteiger partial charge in [-0.25, -0.2) is 0 Å². The van der Waals surface area contributed by atoms with Gasteiger partial charge in [0, 0.05) is 18.1 Å². The summed E-state index contributed by atoms with van der Waals surface area (Å²) in [7, 11) is 0. The molecule has 2 heteroatoms. The van der Waals surface area contributed by atoms with Crippen molar-refractivity contribution < 1.29 is 0 Å². The van der Waals surface area contributed by atoms with Crippen LogP contribution in [0, 0.1) is 6.92 Å². The molecule has 1 aromatic heterocycles. The molecule has 0 fully saturated rings. The molecule has 0 radical (unpaired) electrons. The summed E-state index contributed by atoms with van der Waals surface area (Å²) < 4.78 is 2.22. The number of aryl methyl sites for hydroxylation is 1. The number of hydrogen-bond acceptors (Lipinski definition) is 1. The van der Waals surface area contributed by atoms with Crippen LogP contribution in [0.2, 0.25) is 0 Å². The molecule has 0 aliphatic carbocycles. The highest BCUT2D eigenvalue weighted by molar-refractivity contribution is 5.90. The number of nitrogen functional groups attached to an aromatic ring is 1. The maximum Gasteiger partial charge on any atom is 0.0716 e. The molecule has 0 atom stereocenters. The number of nitrogens with two attached hydrogens (primary N) is 1. The zero-order chi connectivity index (χ0) is 12.5. The van der Waals surface area contributed by atoms with Crippen molar-refractivity contribution in [2.75, 3.05) is 5.73 Å². The summed E-state index contributed by atoms with van der Waals surface area (Å²) in [5, 5.41) is 1.20. The summed E-state index contributed by atoms with van der Waals surface area (Å²) in [6.45, 7) is 3.01. The van der Waals surface area contributed by atoms with E-state index in [1.165, 1.54) is 16.5 Å². The predicted octanol–water partition coefficient (Wildman–Crippen LogP) is 3.58. The third kappa shape index (κ3) is 1.76. The summed E-state index contributed by atoms with van der Waals surface area (Å²) in [4.78, 5) is 0. The lowest BCUT2D eigenvalue weighted by molar-refractivity contribution is 0.831. The Morgan fingerprint density at radius 3 is 2.67 bits per heavy atom. The van der Waals surface area contributed by atoms with Gasteiger partial charge >= 0.3 is 0 Å². The van der Waals surface area contributed by atoms with E-state index in [2.05, 4.69) is 54.1 Å². The fourth-order valence-electron chi connectivity index (χ4n) is 2.39. The van der Waals surface area contributed by atoms with Crippen LogP contribution in [0.5, 0.6) is 0 Å². The number of nitrogens with zero attached hydrogens (tertiary/aromatic N) is 1. The highest BCUT2D eigenvalue weighted by atomic mass is 15.0. The Morgan fingerprint density at radius 2 is 1.83 bits per heavy atom. The van der Waals surface area contributed by atoms with E-state index < -0.39 is 0 Å². The van der Waals surface area contributed by atoms with Crippen LogP contribution < -0.4 is 5.73 Å². The van der Waals surface area contributed by atoms with Gasteiger partial charge in [0.2, 0.25) is 0 Å². The Kier molecular flexibility index (Phi) is 2.56. The Hall–Kier alpha value is -2.22. The normalized spacial score (nSPS) is 10.9. The van der Waals surface area contributed by atoms with E-state index in [4.69, 9.17) is 5.73 Å². The van der Waals surface area contributed by atoms with Crippen molar-refractivity contribution in [2.45, 2.75) is 13.5 Å². The minimum atomic E-state index is 0.839. The third-order valence-corrected chi connectivity index (χ3v) is 3.42. The maximum atomic E-state index is 6.07. The summed E-state index contributed by atoms with van der Waals surface area (Å²) in [6, 6.07) is 16.6. The van der Waals surface area contributed by atoms with Crippen LogP contribution in [0.3, 0.4) is 0 Å². The summed E-state index contributed by atoms with van der Waals surface area (Å²) in [5.74, 6) is 0. The first-order valence-electron chi connectivity index (χ1n) is 6.13. The van der Waals surface area contributed by atoms with E-state index in [-0.39, 0.29) is 0 Å². The van der Waals surface area contributed by atoms with E-state index in [0.717, 1.165) is 17.7 Å². The molecule has 0 bridgehead atoms. The molecule has 18 heavy (non-hydrogen) atoms. The number of anilines is 1. The number of para-hydroxylation sites is 1. The molecule has 2 N–H and O–H groups in total. The smallest absolute Gasteiger partial charge is 0.0716 e. The number of fused-ring (bicyclic) bond motifs is 1. The molecule has 2 aromatic carbocycles. The molecule has 0 spiro atoms. The summed E-state index contributed by atoms with van der Waals surface area (Å²) in [5.41, 5.74) is 10.7. The van der Waals surface area contributed by atoms with Gasteiger partial charge in [0.1, 0.15) is 0 Å². The van der Waals surface area contributed by atoms with Crippen molar-refractivity contribution in [1.82, 2.24) is 4.57 Å². The zero-order valence-electron chi connectivity index (χ0n) is 10.4. The Labute approximate surface area is 107 Å². The van der Waals surface area contributed by atoms with Crippen molar-refractivity contribution in [3.8, 4) is 0 Å². The van der Waals surface area contributed by atoms with Gasteiger partial charge in [-0.05, 0) is 30.2 Å². The van der Waals surface area contributed by atoms with Crippen molar-refractivity contribution in [2.24, 2.45) is 0 Å². The molecule has 1 heterocycles. The van der Waals surface area contributed by atoms with E-state index in [9.17, 15) is 0 Å². The van der Waals surface area contributed by atoms with Crippen LogP contribution in [0.1, 0.15) is 11.1 Å². The molecular formula is C16H16N2. The first-order chi connectivity index (χ1) is 8.75. The highest BCUT2D eigenvalue weighted by Crippen LogP contribution is 2.23. The minimum Gasteiger partial charge on any atom is -0.397 e. The highest BCUT2D eigenvalue weighted by Gasteiger charge is 2.05. The number of rotatable bonds is 2. The second-order valence-corrected chi connectivity index (χ2v) is 4.66. The molecule has 3 rings (SSSR count). The van der Waals surface area contributed by atoms with E-state index >= 15 is 0 Å². The van der Waals surface area contributed by atoms with Crippen molar-refractivity contribution >= 4 is 16.6 Å². The fourth-order valence-corrected chi connectivity index (χ4v) is 2.39. The van der Waals surface area contributed by atoms with Crippen LogP contribution >= 0.6 is 0 Å². The predicted molar refractivity (Wildman–Crippen MR) is 76.6 cm³/mol. The van der Waals surface area contributed by atoms with E-state index in [1.807, 2.05) is 12.1 Å². The minimum absolute atomic E-state index is 0.839. The Balaban J connectivity index is 2.09. The first kappa shape index (κ1) is 10.9. The van der Waals surface area contributed by atoms with Gasteiger partial charge in [0.05, 0.1) is 11.2 Å². The summed E-state index contributed by atoms with van der Waals surface area (Å²) >= 11 is 0. The molecular weight excluding hydrogens is 220 g/mol. The number of hydrogen-bond donors (Lipinski definition) is 1. The second-order valence-electron chi connectivity index (χ2n) is 4.66.